The van der Waals surface area contributed by atoms with E-state index in [1.54, 1.807) is 13.8 Å². The lowest BCUT2D eigenvalue weighted by atomic mass is 10.3. The molecule has 0 aliphatic carbocycles. The second kappa shape index (κ2) is 10.2. The fourth-order valence-electron chi connectivity index (χ4n) is 1.84. The molecule has 0 aliphatic rings. The van der Waals surface area contributed by atoms with Gasteiger partial charge in [0.15, 0.2) is 5.69 Å². The maximum absolute atomic E-state index is 12.2. The lowest BCUT2D eigenvalue weighted by Gasteiger charge is -2.16. The van der Waals surface area contributed by atoms with Gasteiger partial charge < -0.3 is 23.3 Å². The molecule has 0 radical (unpaired) electrons. The lowest BCUT2D eigenvalue weighted by Crippen LogP contribution is -2.18. The van der Waals surface area contributed by atoms with Crippen LogP contribution in [-0.4, -0.2) is 67.3 Å². The molecule has 0 aliphatic heterocycles. The van der Waals surface area contributed by atoms with Crippen molar-refractivity contribution in [3.8, 4) is 0 Å². The summed E-state index contributed by atoms with van der Waals surface area (Å²) in [4.78, 5) is 23.5. The molecule has 0 amide bonds. The van der Waals surface area contributed by atoms with Crippen LogP contribution in [0.15, 0.2) is 0 Å². The van der Waals surface area contributed by atoms with Crippen LogP contribution in [0.3, 0.4) is 0 Å². The fraction of sp³-hybridized carbons (Fsp3) is 0.692. The first kappa shape index (κ1) is 21.2. The van der Waals surface area contributed by atoms with Crippen LogP contribution in [0.4, 0.5) is 0 Å². The molecule has 0 fully saturated rings. The molecule has 0 unspecified atom stereocenters. The summed E-state index contributed by atoms with van der Waals surface area (Å²) in [5, 5.41) is 7.33. The van der Waals surface area contributed by atoms with Gasteiger partial charge in [-0.1, -0.05) is 5.21 Å². The van der Waals surface area contributed by atoms with Crippen molar-refractivity contribution < 1.29 is 37.4 Å². The van der Waals surface area contributed by atoms with E-state index in [-0.39, 0.29) is 44.1 Å². The van der Waals surface area contributed by atoms with Gasteiger partial charge in [-0.3, -0.25) is 4.57 Å². The molecule has 0 bridgehead atoms. The van der Waals surface area contributed by atoms with E-state index in [1.807, 2.05) is 0 Å². The highest BCUT2D eigenvalue weighted by Crippen LogP contribution is 2.47. The van der Waals surface area contributed by atoms with Gasteiger partial charge in [0.2, 0.25) is 5.69 Å². The van der Waals surface area contributed by atoms with Crippen molar-refractivity contribution in [2.24, 2.45) is 0 Å². The Morgan fingerprint density at radius 1 is 1.08 bits per heavy atom. The number of nitrogens with zero attached hydrogens (tertiary/aromatic N) is 3. The second-order valence-electron chi connectivity index (χ2n) is 4.48. The molecule has 0 saturated heterocycles. The van der Waals surface area contributed by atoms with E-state index in [0.29, 0.717) is 0 Å². The molecule has 0 aromatic carbocycles. The summed E-state index contributed by atoms with van der Waals surface area (Å²) >= 11 is 0. The predicted molar refractivity (Wildman–Crippen MR) is 84.4 cm³/mol. The number of hydrogen-bond donors (Lipinski definition) is 0. The smallest absolute Gasteiger partial charge is 0.361 e. The largest absolute Gasteiger partial charge is 0.464 e. The molecule has 1 heterocycles. The van der Waals surface area contributed by atoms with Crippen molar-refractivity contribution in [3.63, 3.8) is 0 Å². The van der Waals surface area contributed by atoms with Crippen LogP contribution in [-0.2, 0) is 34.4 Å². The third-order valence-corrected chi connectivity index (χ3v) is 4.64. The summed E-state index contributed by atoms with van der Waals surface area (Å²) in [6, 6.07) is 0. The zero-order chi connectivity index (χ0) is 18.9. The molecule has 0 spiro atoms. The first-order chi connectivity index (χ1) is 11.9. The Morgan fingerprint density at radius 3 is 2.20 bits per heavy atom. The van der Waals surface area contributed by atoms with Gasteiger partial charge in [0.05, 0.1) is 40.6 Å². The van der Waals surface area contributed by atoms with Crippen molar-refractivity contribution in [3.05, 3.63) is 11.4 Å². The SMILES string of the molecule is CCOP(=O)(COCCn1nnc(C(=O)OC)c1C(=O)OC)OCC. The Kier molecular flexibility index (Phi) is 8.70. The Hall–Kier alpha value is -1.81. The quantitative estimate of drug-likeness (QED) is 0.313. The number of rotatable bonds is 11. The van der Waals surface area contributed by atoms with Crippen LogP contribution < -0.4 is 0 Å². The molecule has 1 aromatic rings. The molecule has 142 valence electrons. The predicted octanol–water partition coefficient (Wildman–Crippen LogP) is 1.09. The maximum atomic E-state index is 12.2. The normalized spacial score (nSPS) is 11.4. The minimum Gasteiger partial charge on any atom is -0.464 e. The van der Waals surface area contributed by atoms with E-state index < -0.39 is 19.5 Å². The number of ether oxygens (including phenoxy) is 3. The number of hydrogen-bond acceptors (Lipinski definition) is 10. The summed E-state index contributed by atoms with van der Waals surface area (Å²) in [6.07, 6.45) is -0.249. The van der Waals surface area contributed by atoms with E-state index in [9.17, 15) is 14.2 Å². The third kappa shape index (κ3) is 5.89. The Balaban J connectivity index is 2.74. The average molecular weight is 379 g/mol. The highest BCUT2D eigenvalue weighted by molar-refractivity contribution is 7.53. The summed E-state index contributed by atoms with van der Waals surface area (Å²) in [6.45, 7) is 3.91. The van der Waals surface area contributed by atoms with Gasteiger partial charge in [-0.25, -0.2) is 14.3 Å². The summed E-state index contributed by atoms with van der Waals surface area (Å²) in [5.41, 5.74) is -0.417. The van der Waals surface area contributed by atoms with E-state index >= 15 is 0 Å². The van der Waals surface area contributed by atoms with Gasteiger partial charge in [-0.2, -0.15) is 0 Å². The summed E-state index contributed by atoms with van der Waals surface area (Å²) < 4.78 is 38.0. The van der Waals surface area contributed by atoms with E-state index in [1.165, 1.54) is 0 Å². The van der Waals surface area contributed by atoms with Crippen molar-refractivity contribution in [1.82, 2.24) is 15.0 Å². The van der Waals surface area contributed by atoms with Crippen molar-refractivity contribution in [2.45, 2.75) is 20.4 Å². The molecule has 25 heavy (non-hydrogen) atoms. The molecule has 0 saturated carbocycles. The highest BCUT2D eigenvalue weighted by Gasteiger charge is 2.27. The van der Waals surface area contributed by atoms with Gasteiger partial charge >= 0.3 is 19.5 Å². The average Bonchev–Trinajstić information content (AvgIpc) is 3.01. The molecule has 0 N–H and O–H groups in total. The Bertz CT molecular complexity index is 623. The number of methoxy groups -OCH3 is 2. The topological polar surface area (TPSA) is 128 Å². The molecular formula is C13H22N3O8P. The standard InChI is InChI=1S/C13H22N3O8P/c1-5-23-25(19,24-6-2)9-22-8-7-16-11(13(18)21-4)10(14-15-16)12(17)20-3/h5-9H2,1-4H3. The van der Waals surface area contributed by atoms with E-state index in [0.717, 1.165) is 18.9 Å². The lowest BCUT2D eigenvalue weighted by molar-refractivity contribution is 0.0540. The summed E-state index contributed by atoms with van der Waals surface area (Å²) in [7, 11) is -1.00. The first-order valence-corrected chi connectivity index (χ1v) is 9.21. The minimum absolute atomic E-state index is 0.0259. The van der Waals surface area contributed by atoms with Gasteiger partial charge in [-0.05, 0) is 13.8 Å². The molecule has 11 nitrogen and oxygen atoms in total. The van der Waals surface area contributed by atoms with Crippen molar-refractivity contribution in [1.29, 1.82) is 0 Å². The fourth-order valence-corrected chi connectivity index (χ4v) is 3.20. The second-order valence-corrected chi connectivity index (χ2v) is 6.47. The van der Waals surface area contributed by atoms with Gasteiger partial charge in [0, 0.05) is 0 Å². The molecule has 1 rings (SSSR count). The van der Waals surface area contributed by atoms with Gasteiger partial charge in [0.1, 0.15) is 6.35 Å². The summed E-state index contributed by atoms with van der Waals surface area (Å²) in [5.74, 6) is -1.61. The first-order valence-electron chi connectivity index (χ1n) is 7.48. The number of esters is 2. The Labute approximate surface area is 145 Å². The monoisotopic (exact) mass is 379 g/mol. The number of carbonyl (C=O) groups is 2. The Morgan fingerprint density at radius 2 is 1.68 bits per heavy atom. The molecule has 1 aromatic heterocycles. The maximum Gasteiger partial charge on any atom is 0.361 e. The van der Waals surface area contributed by atoms with Crippen LogP contribution in [0, 0.1) is 0 Å². The zero-order valence-electron chi connectivity index (χ0n) is 14.6. The van der Waals surface area contributed by atoms with Crippen LogP contribution in [0.2, 0.25) is 0 Å². The third-order valence-electron chi connectivity index (χ3n) is 2.84. The van der Waals surface area contributed by atoms with Gasteiger partial charge in [0.25, 0.3) is 0 Å². The molecule has 12 heteroatoms. The number of carbonyl (C=O) groups excluding carboxylic acids is 2. The zero-order valence-corrected chi connectivity index (χ0v) is 15.5. The van der Waals surface area contributed by atoms with Crippen LogP contribution in [0.5, 0.6) is 0 Å². The van der Waals surface area contributed by atoms with Gasteiger partial charge in [-0.15, -0.1) is 5.10 Å². The highest BCUT2D eigenvalue weighted by atomic mass is 31.2. The van der Waals surface area contributed by atoms with E-state index in [2.05, 4.69) is 19.8 Å². The van der Waals surface area contributed by atoms with Crippen LogP contribution >= 0.6 is 7.60 Å². The van der Waals surface area contributed by atoms with E-state index in [4.69, 9.17) is 13.8 Å². The van der Waals surface area contributed by atoms with Crippen LogP contribution in [0.1, 0.15) is 34.8 Å². The minimum atomic E-state index is -3.33. The number of aromatic nitrogens is 3. The van der Waals surface area contributed by atoms with Crippen LogP contribution in [0.25, 0.3) is 0 Å². The molecular weight excluding hydrogens is 357 g/mol. The molecule has 0 atom stereocenters. The van der Waals surface area contributed by atoms with Crippen molar-refractivity contribution in [2.75, 3.05) is 40.4 Å². The van der Waals surface area contributed by atoms with Crippen molar-refractivity contribution >= 4 is 19.5 Å².